The number of carbonyl (C=O) groups is 1. The summed E-state index contributed by atoms with van der Waals surface area (Å²) in [6, 6.07) is 10.1. The van der Waals surface area contributed by atoms with Crippen LogP contribution in [0.2, 0.25) is 0 Å². The molecule has 1 N–H and O–H groups in total. The number of rotatable bonds is 5. The molecule has 0 atom stereocenters. The molecule has 0 bridgehead atoms. The quantitative estimate of drug-likeness (QED) is 0.724. The zero-order valence-corrected chi connectivity index (χ0v) is 13.9. The molecule has 0 aliphatic rings. The Labute approximate surface area is 139 Å². The smallest absolute Gasteiger partial charge is 0.260 e. The average molecular weight is 326 g/mol. The molecule has 0 aliphatic carbocycles. The summed E-state index contributed by atoms with van der Waals surface area (Å²) < 4.78 is 5.15. The van der Waals surface area contributed by atoms with Crippen LogP contribution in [0.5, 0.6) is 0 Å². The minimum Gasteiger partial charge on any atom is -0.469 e. The molecule has 3 aromatic rings. The van der Waals surface area contributed by atoms with E-state index in [0.717, 1.165) is 24.1 Å². The average Bonchev–Trinajstić information content (AvgIpc) is 3.17. The molecule has 0 spiro atoms. The summed E-state index contributed by atoms with van der Waals surface area (Å²) in [6.07, 6.45) is 3.73. The Kier molecular flexibility index (Phi) is 4.57. The van der Waals surface area contributed by atoms with Gasteiger partial charge in [-0.15, -0.1) is 11.3 Å². The number of hydrogen-bond donors (Lipinski definition) is 1. The molecule has 0 unspecified atom stereocenters. The summed E-state index contributed by atoms with van der Waals surface area (Å²) in [5, 5.41) is 5.35. The maximum atomic E-state index is 12.2. The van der Waals surface area contributed by atoms with Gasteiger partial charge in [-0.1, -0.05) is 37.6 Å². The zero-order chi connectivity index (χ0) is 16.2. The highest BCUT2D eigenvalue weighted by molar-refractivity contribution is 7.14. The van der Waals surface area contributed by atoms with E-state index >= 15 is 0 Å². The Hall–Kier alpha value is -2.40. The van der Waals surface area contributed by atoms with Gasteiger partial charge in [-0.05, 0) is 25.0 Å². The van der Waals surface area contributed by atoms with E-state index in [1.807, 2.05) is 5.38 Å². The number of hydrogen-bond acceptors (Lipinski definition) is 4. The lowest BCUT2D eigenvalue weighted by atomic mass is 10.1. The normalized spacial score (nSPS) is 10.7. The second kappa shape index (κ2) is 6.79. The predicted molar refractivity (Wildman–Crippen MR) is 92.9 cm³/mol. The number of benzene rings is 1. The summed E-state index contributed by atoms with van der Waals surface area (Å²) >= 11 is 1.42. The number of aromatic nitrogens is 1. The van der Waals surface area contributed by atoms with E-state index in [1.54, 1.807) is 13.0 Å². The van der Waals surface area contributed by atoms with Crippen molar-refractivity contribution in [2.45, 2.75) is 26.7 Å². The topological polar surface area (TPSA) is 55.1 Å². The number of furan rings is 1. The molecule has 3 rings (SSSR count). The van der Waals surface area contributed by atoms with Gasteiger partial charge in [0.05, 0.1) is 17.5 Å². The lowest BCUT2D eigenvalue weighted by Gasteiger charge is -2.01. The first-order valence-corrected chi connectivity index (χ1v) is 8.45. The lowest BCUT2D eigenvalue weighted by Crippen LogP contribution is -2.11. The Bertz CT molecular complexity index is 803. The van der Waals surface area contributed by atoms with Crippen LogP contribution < -0.4 is 5.32 Å². The maximum absolute atomic E-state index is 12.2. The van der Waals surface area contributed by atoms with E-state index in [2.05, 4.69) is 41.5 Å². The van der Waals surface area contributed by atoms with Gasteiger partial charge in [0.15, 0.2) is 5.13 Å². The van der Waals surface area contributed by atoms with E-state index in [1.165, 1.54) is 23.2 Å². The standard InChI is InChI=1S/C18H18N2O2S/c1-3-4-13-5-7-14(8-6-13)16-11-23-18(19-16)20-17(21)15-9-10-22-12(15)2/h5-11H,3-4H2,1-2H3,(H,19,20,21). The number of nitrogens with zero attached hydrogens (tertiary/aromatic N) is 1. The molecule has 2 aromatic heterocycles. The van der Waals surface area contributed by atoms with Gasteiger partial charge in [0.25, 0.3) is 5.91 Å². The highest BCUT2D eigenvalue weighted by Crippen LogP contribution is 2.26. The summed E-state index contributed by atoms with van der Waals surface area (Å²) in [5.41, 5.74) is 3.79. The summed E-state index contributed by atoms with van der Waals surface area (Å²) in [7, 11) is 0. The molecule has 0 saturated carbocycles. The molecular weight excluding hydrogens is 308 g/mol. The van der Waals surface area contributed by atoms with Crippen molar-refractivity contribution in [3.63, 3.8) is 0 Å². The van der Waals surface area contributed by atoms with Gasteiger partial charge in [0, 0.05) is 10.9 Å². The fourth-order valence-electron chi connectivity index (χ4n) is 2.38. The van der Waals surface area contributed by atoms with Gasteiger partial charge >= 0.3 is 0 Å². The number of anilines is 1. The van der Waals surface area contributed by atoms with E-state index in [4.69, 9.17) is 4.42 Å². The van der Waals surface area contributed by atoms with Crippen LogP contribution in [0.25, 0.3) is 11.3 Å². The van der Waals surface area contributed by atoms with Crippen molar-refractivity contribution in [2.24, 2.45) is 0 Å². The highest BCUT2D eigenvalue weighted by atomic mass is 32.1. The Balaban J connectivity index is 1.73. The first kappa shape index (κ1) is 15.5. The van der Waals surface area contributed by atoms with E-state index in [9.17, 15) is 4.79 Å². The fraction of sp³-hybridized carbons (Fsp3) is 0.222. The largest absolute Gasteiger partial charge is 0.469 e. The first-order chi connectivity index (χ1) is 11.2. The van der Waals surface area contributed by atoms with Crippen LogP contribution in [-0.2, 0) is 6.42 Å². The van der Waals surface area contributed by atoms with Crippen molar-refractivity contribution >= 4 is 22.4 Å². The second-order valence-electron chi connectivity index (χ2n) is 5.33. The van der Waals surface area contributed by atoms with Crippen molar-refractivity contribution in [1.29, 1.82) is 0 Å². The Morgan fingerprint density at radius 3 is 2.70 bits per heavy atom. The van der Waals surface area contributed by atoms with Crippen molar-refractivity contribution in [3.05, 3.63) is 58.9 Å². The molecule has 0 aliphatic heterocycles. The molecule has 23 heavy (non-hydrogen) atoms. The van der Waals surface area contributed by atoms with Gasteiger partial charge in [0.1, 0.15) is 5.76 Å². The van der Waals surface area contributed by atoms with Gasteiger partial charge in [-0.3, -0.25) is 10.1 Å². The molecule has 0 fully saturated rings. The van der Waals surface area contributed by atoms with Gasteiger partial charge in [0.2, 0.25) is 0 Å². The number of nitrogens with one attached hydrogen (secondary N) is 1. The maximum Gasteiger partial charge on any atom is 0.260 e. The number of amides is 1. The molecule has 0 radical (unpaired) electrons. The minimum absolute atomic E-state index is 0.199. The minimum atomic E-state index is -0.199. The van der Waals surface area contributed by atoms with Crippen LogP contribution in [-0.4, -0.2) is 10.9 Å². The van der Waals surface area contributed by atoms with Crippen molar-refractivity contribution in [1.82, 2.24) is 4.98 Å². The Morgan fingerprint density at radius 2 is 2.04 bits per heavy atom. The molecule has 1 amide bonds. The number of thiazole rings is 1. The molecular formula is C18H18N2O2S. The fourth-order valence-corrected chi connectivity index (χ4v) is 3.09. The predicted octanol–water partition coefficient (Wildman–Crippen LogP) is 4.92. The van der Waals surface area contributed by atoms with E-state index < -0.39 is 0 Å². The van der Waals surface area contributed by atoms with Crippen molar-refractivity contribution in [3.8, 4) is 11.3 Å². The highest BCUT2D eigenvalue weighted by Gasteiger charge is 2.13. The first-order valence-electron chi connectivity index (χ1n) is 7.57. The van der Waals surface area contributed by atoms with Crippen LogP contribution in [0.15, 0.2) is 46.4 Å². The molecule has 2 heterocycles. The third-order valence-corrected chi connectivity index (χ3v) is 4.37. The van der Waals surface area contributed by atoms with Gasteiger partial charge in [-0.25, -0.2) is 4.98 Å². The Morgan fingerprint density at radius 1 is 1.26 bits per heavy atom. The summed E-state index contributed by atoms with van der Waals surface area (Å²) in [5.74, 6) is 0.404. The van der Waals surface area contributed by atoms with Crippen LogP contribution in [0, 0.1) is 6.92 Å². The number of aryl methyl sites for hydroxylation is 2. The van der Waals surface area contributed by atoms with Crippen molar-refractivity contribution in [2.75, 3.05) is 5.32 Å². The van der Waals surface area contributed by atoms with Crippen LogP contribution in [0.3, 0.4) is 0 Å². The summed E-state index contributed by atoms with van der Waals surface area (Å²) in [4.78, 5) is 16.6. The summed E-state index contributed by atoms with van der Waals surface area (Å²) in [6.45, 7) is 3.94. The van der Waals surface area contributed by atoms with E-state index in [-0.39, 0.29) is 5.91 Å². The molecule has 0 saturated heterocycles. The van der Waals surface area contributed by atoms with Crippen LogP contribution in [0.1, 0.15) is 35.0 Å². The molecule has 1 aromatic carbocycles. The molecule has 118 valence electrons. The lowest BCUT2D eigenvalue weighted by molar-refractivity contribution is 0.102. The molecule has 4 nitrogen and oxygen atoms in total. The molecule has 5 heteroatoms. The van der Waals surface area contributed by atoms with Gasteiger partial charge < -0.3 is 4.42 Å². The van der Waals surface area contributed by atoms with Gasteiger partial charge in [-0.2, -0.15) is 0 Å². The second-order valence-corrected chi connectivity index (χ2v) is 6.19. The number of carbonyl (C=O) groups excluding carboxylic acids is 1. The monoisotopic (exact) mass is 326 g/mol. The van der Waals surface area contributed by atoms with E-state index in [0.29, 0.717) is 16.5 Å². The zero-order valence-electron chi connectivity index (χ0n) is 13.1. The van der Waals surface area contributed by atoms with Crippen LogP contribution >= 0.6 is 11.3 Å². The third kappa shape index (κ3) is 3.51. The van der Waals surface area contributed by atoms with Crippen molar-refractivity contribution < 1.29 is 9.21 Å². The SMILES string of the molecule is CCCc1ccc(-c2csc(NC(=O)c3ccoc3C)n2)cc1. The van der Waals surface area contributed by atoms with Crippen LogP contribution in [0.4, 0.5) is 5.13 Å². The third-order valence-electron chi connectivity index (χ3n) is 3.62.